The van der Waals surface area contributed by atoms with Gasteiger partial charge in [0, 0.05) is 16.7 Å². The average molecular weight is 454 g/mol. The molecule has 2 N–H and O–H groups in total. The van der Waals surface area contributed by atoms with E-state index in [1.807, 2.05) is 0 Å². The number of carboxylic acids is 1. The summed E-state index contributed by atoms with van der Waals surface area (Å²) in [4.78, 5) is 36.4. The highest BCUT2D eigenvalue weighted by Crippen LogP contribution is 2.46. The molecule has 1 aliphatic heterocycles. The number of phenolic OH excluding ortho intramolecular Hbond substituents is 1. The van der Waals surface area contributed by atoms with Crippen LogP contribution in [0.25, 0.3) is 11.3 Å². The standard InChI is InChI=1S/C27H18O7/c28-23-14-19(21-13-12-20(33-21)15-6-8-17(9-7-15)27(31)32)24-22(34-23)11-10-18(26(24)30)25(29)16-4-2-1-3-5-16/h1-13,19,30H,14H2,(H,31,32)/t19-/m1/s1. The third-order valence-corrected chi connectivity index (χ3v) is 5.79. The number of hydrogen-bond donors (Lipinski definition) is 2. The molecular weight excluding hydrogens is 436 g/mol. The number of carbonyl (C=O) groups is 3. The number of carbonyl (C=O) groups excluding carboxylic acids is 2. The van der Waals surface area contributed by atoms with Crippen molar-refractivity contribution in [1.82, 2.24) is 0 Å². The number of aromatic hydroxyl groups is 1. The third-order valence-electron chi connectivity index (χ3n) is 5.79. The van der Waals surface area contributed by atoms with Crippen molar-refractivity contribution >= 4 is 17.7 Å². The fraction of sp³-hybridized carbons (Fsp3) is 0.0741. The van der Waals surface area contributed by atoms with Crippen LogP contribution in [0.4, 0.5) is 0 Å². The number of esters is 1. The first kappa shape index (κ1) is 21.2. The Morgan fingerprint density at radius 2 is 1.59 bits per heavy atom. The predicted molar refractivity (Wildman–Crippen MR) is 121 cm³/mol. The molecule has 0 bridgehead atoms. The lowest BCUT2D eigenvalue weighted by molar-refractivity contribution is -0.135. The second-order valence-corrected chi connectivity index (χ2v) is 7.88. The Hall–Kier alpha value is -4.65. The van der Waals surface area contributed by atoms with Crippen molar-refractivity contribution in [2.45, 2.75) is 12.3 Å². The number of furan rings is 1. The van der Waals surface area contributed by atoms with Crippen LogP contribution in [-0.2, 0) is 4.79 Å². The number of ether oxygens (including phenoxy) is 1. The zero-order chi connectivity index (χ0) is 23.8. The minimum Gasteiger partial charge on any atom is -0.507 e. The number of ketones is 1. The van der Waals surface area contributed by atoms with E-state index in [-0.39, 0.29) is 34.8 Å². The first-order valence-corrected chi connectivity index (χ1v) is 10.5. The second-order valence-electron chi connectivity index (χ2n) is 7.88. The maximum absolute atomic E-state index is 13.0. The Labute approximate surface area is 193 Å². The lowest BCUT2D eigenvalue weighted by Crippen LogP contribution is -2.21. The fourth-order valence-electron chi connectivity index (χ4n) is 4.09. The highest BCUT2D eigenvalue weighted by atomic mass is 16.5. The third kappa shape index (κ3) is 3.73. The molecule has 0 amide bonds. The van der Waals surface area contributed by atoms with E-state index in [1.54, 1.807) is 54.6 Å². The summed E-state index contributed by atoms with van der Waals surface area (Å²) in [6.45, 7) is 0. The van der Waals surface area contributed by atoms with Gasteiger partial charge in [-0.1, -0.05) is 42.5 Å². The normalized spacial score (nSPS) is 14.8. The summed E-state index contributed by atoms with van der Waals surface area (Å²) in [5, 5.41) is 20.2. The smallest absolute Gasteiger partial charge is 0.335 e. The molecule has 5 rings (SSSR count). The van der Waals surface area contributed by atoms with Gasteiger partial charge in [0.2, 0.25) is 0 Å². The number of phenols is 1. The van der Waals surface area contributed by atoms with E-state index >= 15 is 0 Å². The number of aromatic carboxylic acids is 1. The molecule has 1 atom stereocenters. The van der Waals surface area contributed by atoms with Crippen LogP contribution in [0, 0.1) is 0 Å². The topological polar surface area (TPSA) is 114 Å². The molecule has 4 aromatic rings. The Bertz CT molecular complexity index is 1420. The number of fused-ring (bicyclic) bond motifs is 1. The zero-order valence-electron chi connectivity index (χ0n) is 17.7. The summed E-state index contributed by atoms with van der Waals surface area (Å²) >= 11 is 0. The van der Waals surface area contributed by atoms with Crippen molar-refractivity contribution in [2.75, 3.05) is 0 Å². The molecule has 0 saturated heterocycles. The van der Waals surface area contributed by atoms with E-state index in [4.69, 9.17) is 14.3 Å². The number of benzene rings is 3. The van der Waals surface area contributed by atoms with E-state index in [0.717, 1.165) is 0 Å². The minimum absolute atomic E-state index is 0.0750. The van der Waals surface area contributed by atoms with Crippen LogP contribution < -0.4 is 4.74 Å². The van der Waals surface area contributed by atoms with Crippen LogP contribution in [-0.4, -0.2) is 27.9 Å². The average Bonchev–Trinajstić information content (AvgIpc) is 3.34. The van der Waals surface area contributed by atoms with Crippen LogP contribution in [0.15, 0.2) is 83.3 Å². The van der Waals surface area contributed by atoms with Gasteiger partial charge in [0.15, 0.2) is 5.78 Å². The highest BCUT2D eigenvalue weighted by molar-refractivity contribution is 6.11. The summed E-state index contributed by atoms with van der Waals surface area (Å²) in [7, 11) is 0. The van der Waals surface area contributed by atoms with Crippen molar-refractivity contribution in [3.05, 3.63) is 107 Å². The van der Waals surface area contributed by atoms with E-state index in [2.05, 4.69) is 0 Å². The zero-order valence-corrected chi connectivity index (χ0v) is 17.7. The van der Waals surface area contributed by atoms with Crippen LogP contribution >= 0.6 is 0 Å². The van der Waals surface area contributed by atoms with Crippen molar-refractivity contribution < 1.29 is 33.8 Å². The first-order chi connectivity index (χ1) is 16.4. The number of rotatable bonds is 5. The summed E-state index contributed by atoms with van der Waals surface area (Å²) in [5.74, 6) is -1.72. The molecule has 168 valence electrons. The Kier molecular flexibility index (Phi) is 5.22. The van der Waals surface area contributed by atoms with Crippen molar-refractivity contribution in [3.8, 4) is 22.8 Å². The predicted octanol–water partition coefficient (Wildman–Crippen LogP) is 5.02. The quantitative estimate of drug-likeness (QED) is 0.247. The Balaban J connectivity index is 1.54. The van der Waals surface area contributed by atoms with Crippen LogP contribution in [0.3, 0.4) is 0 Å². The molecule has 0 radical (unpaired) electrons. The fourth-order valence-corrected chi connectivity index (χ4v) is 4.09. The molecule has 1 aliphatic rings. The van der Waals surface area contributed by atoms with Gasteiger partial charge in [0.25, 0.3) is 0 Å². The van der Waals surface area contributed by atoms with Gasteiger partial charge >= 0.3 is 11.9 Å². The van der Waals surface area contributed by atoms with Gasteiger partial charge in [0.05, 0.1) is 23.5 Å². The molecule has 34 heavy (non-hydrogen) atoms. The van der Waals surface area contributed by atoms with Crippen molar-refractivity contribution in [3.63, 3.8) is 0 Å². The van der Waals surface area contributed by atoms with Gasteiger partial charge in [-0.25, -0.2) is 4.79 Å². The van der Waals surface area contributed by atoms with E-state index < -0.39 is 17.9 Å². The van der Waals surface area contributed by atoms with Gasteiger partial charge in [-0.3, -0.25) is 9.59 Å². The summed E-state index contributed by atoms with van der Waals surface area (Å²) in [5.41, 5.74) is 1.65. The highest BCUT2D eigenvalue weighted by Gasteiger charge is 2.35. The lowest BCUT2D eigenvalue weighted by atomic mass is 9.87. The molecular formula is C27H18O7. The number of carboxylic acid groups (broad SMARTS) is 1. The Morgan fingerprint density at radius 1 is 0.853 bits per heavy atom. The van der Waals surface area contributed by atoms with E-state index in [9.17, 15) is 19.5 Å². The molecule has 2 heterocycles. The molecule has 0 aliphatic carbocycles. The molecule has 0 unspecified atom stereocenters. The van der Waals surface area contributed by atoms with E-state index in [1.165, 1.54) is 24.3 Å². The van der Waals surface area contributed by atoms with Crippen molar-refractivity contribution in [2.24, 2.45) is 0 Å². The summed E-state index contributed by atoms with van der Waals surface area (Å²) in [6, 6.07) is 21.1. The molecule has 0 saturated carbocycles. The van der Waals surface area contributed by atoms with E-state index in [0.29, 0.717) is 28.2 Å². The second kappa shape index (κ2) is 8.37. The monoisotopic (exact) mass is 454 g/mol. The maximum Gasteiger partial charge on any atom is 0.335 e. The lowest BCUT2D eigenvalue weighted by Gasteiger charge is -2.25. The van der Waals surface area contributed by atoms with Gasteiger partial charge in [0.1, 0.15) is 23.0 Å². The number of hydrogen-bond acceptors (Lipinski definition) is 6. The van der Waals surface area contributed by atoms with Gasteiger partial charge in [-0.05, 0) is 36.4 Å². The molecule has 0 spiro atoms. The largest absolute Gasteiger partial charge is 0.507 e. The summed E-state index contributed by atoms with van der Waals surface area (Å²) < 4.78 is 11.3. The Morgan fingerprint density at radius 3 is 2.29 bits per heavy atom. The van der Waals surface area contributed by atoms with Crippen LogP contribution in [0.2, 0.25) is 0 Å². The first-order valence-electron chi connectivity index (χ1n) is 10.5. The molecule has 7 heteroatoms. The van der Waals surface area contributed by atoms with Gasteiger partial charge in [-0.2, -0.15) is 0 Å². The maximum atomic E-state index is 13.0. The molecule has 1 aromatic heterocycles. The van der Waals surface area contributed by atoms with Gasteiger partial charge < -0.3 is 19.4 Å². The van der Waals surface area contributed by atoms with Crippen LogP contribution in [0.1, 0.15) is 49.9 Å². The van der Waals surface area contributed by atoms with Gasteiger partial charge in [-0.15, -0.1) is 0 Å². The molecule has 0 fully saturated rings. The molecule has 7 nitrogen and oxygen atoms in total. The summed E-state index contributed by atoms with van der Waals surface area (Å²) in [6.07, 6.45) is -0.0750. The molecule has 3 aromatic carbocycles. The van der Waals surface area contributed by atoms with Crippen molar-refractivity contribution in [1.29, 1.82) is 0 Å². The SMILES string of the molecule is O=C1C[C@H](c2ccc(-c3ccc(C(=O)O)cc3)o2)c2c(ccc(C(=O)c3ccccc3)c2O)O1. The van der Waals surface area contributed by atoms with Crippen LogP contribution in [0.5, 0.6) is 11.5 Å². The minimum atomic E-state index is -1.03.